The van der Waals surface area contributed by atoms with E-state index in [1.807, 2.05) is 25.1 Å². The molecule has 0 amide bonds. The van der Waals surface area contributed by atoms with Crippen molar-refractivity contribution < 1.29 is 14.2 Å². The van der Waals surface area contributed by atoms with Crippen molar-refractivity contribution in [3.8, 4) is 11.5 Å². The van der Waals surface area contributed by atoms with Gasteiger partial charge in [-0.05, 0) is 50.2 Å². The number of benzene rings is 1. The van der Waals surface area contributed by atoms with E-state index in [1.54, 1.807) is 14.2 Å². The molecule has 0 radical (unpaired) electrons. The number of rotatable bonds is 6. The Bertz CT molecular complexity index is 504. The van der Waals surface area contributed by atoms with Crippen molar-refractivity contribution in [2.45, 2.75) is 31.9 Å². The minimum absolute atomic E-state index is 0.00884. The first-order valence-corrected chi connectivity index (χ1v) is 7.92. The molecule has 122 valence electrons. The molecule has 0 aliphatic carbocycles. The lowest BCUT2D eigenvalue weighted by molar-refractivity contribution is 0.114. The number of hydrogen-bond acceptors (Lipinski definition) is 4. The maximum atomic E-state index is 5.57. The van der Waals surface area contributed by atoms with Crippen LogP contribution in [0.15, 0.2) is 18.2 Å². The fraction of sp³-hybridized carbons (Fsp3) is 0.562. The number of methoxy groups -OCH3 is 2. The van der Waals surface area contributed by atoms with Crippen LogP contribution in [0.4, 0.5) is 0 Å². The van der Waals surface area contributed by atoms with Gasteiger partial charge in [0.2, 0.25) is 0 Å². The Morgan fingerprint density at radius 1 is 1.41 bits per heavy atom. The lowest BCUT2D eigenvalue weighted by Gasteiger charge is -2.21. The molecule has 2 N–H and O–H groups in total. The highest BCUT2D eigenvalue weighted by atomic mass is 32.1. The van der Waals surface area contributed by atoms with E-state index in [9.17, 15) is 0 Å². The first kappa shape index (κ1) is 16.8. The van der Waals surface area contributed by atoms with Gasteiger partial charge >= 0.3 is 0 Å². The Morgan fingerprint density at radius 2 is 2.23 bits per heavy atom. The first-order valence-electron chi connectivity index (χ1n) is 7.52. The Balaban J connectivity index is 1.92. The highest BCUT2D eigenvalue weighted by molar-refractivity contribution is 7.80. The first-order chi connectivity index (χ1) is 10.6. The van der Waals surface area contributed by atoms with E-state index in [2.05, 4.69) is 10.6 Å². The number of nitrogens with one attached hydrogen (secondary N) is 2. The van der Waals surface area contributed by atoms with Crippen LogP contribution in [0.1, 0.15) is 31.4 Å². The van der Waals surface area contributed by atoms with Crippen LogP contribution in [0.2, 0.25) is 0 Å². The van der Waals surface area contributed by atoms with Crippen LogP contribution in [0.5, 0.6) is 11.5 Å². The SMILES string of the molecule is COc1ccc(OC)c([C@H](C)NC(=S)NC[C@@H]2CCCO2)c1. The molecule has 1 fully saturated rings. The van der Waals surface area contributed by atoms with Crippen molar-refractivity contribution in [3.63, 3.8) is 0 Å². The number of hydrogen-bond donors (Lipinski definition) is 2. The van der Waals surface area contributed by atoms with Gasteiger partial charge in [0.1, 0.15) is 11.5 Å². The molecule has 1 aromatic rings. The van der Waals surface area contributed by atoms with Crippen molar-refractivity contribution in [2.24, 2.45) is 0 Å². The van der Waals surface area contributed by atoms with Gasteiger partial charge in [-0.2, -0.15) is 0 Å². The zero-order chi connectivity index (χ0) is 15.9. The summed E-state index contributed by atoms with van der Waals surface area (Å²) in [6.07, 6.45) is 2.49. The highest BCUT2D eigenvalue weighted by Crippen LogP contribution is 2.29. The van der Waals surface area contributed by atoms with Crippen LogP contribution in [-0.2, 0) is 4.74 Å². The van der Waals surface area contributed by atoms with Gasteiger partial charge in [0.15, 0.2) is 5.11 Å². The molecule has 6 heteroatoms. The summed E-state index contributed by atoms with van der Waals surface area (Å²) in [7, 11) is 3.31. The summed E-state index contributed by atoms with van der Waals surface area (Å²) in [6.45, 7) is 3.63. The molecule has 0 bridgehead atoms. The monoisotopic (exact) mass is 324 g/mol. The molecule has 5 nitrogen and oxygen atoms in total. The van der Waals surface area contributed by atoms with Gasteiger partial charge in [0.25, 0.3) is 0 Å². The van der Waals surface area contributed by atoms with Crippen LogP contribution in [-0.4, -0.2) is 38.6 Å². The van der Waals surface area contributed by atoms with Crippen molar-refractivity contribution in [1.82, 2.24) is 10.6 Å². The van der Waals surface area contributed by atoms with Gasteiger partial charge in [0, 0.05) is 18.7 Å². The van der Waals surface area contributed by atoms with Gasteiger partial charge < -0.3 is 24.8 Å². The fourth-order valence-electron chi connectivity index (χ4n) is 2.52. The highest BCUT2D eigenvalue weighted by Gasteiger charge is 2.17. The third-order valence-corrected chi connectivity index (χ3v) is 4.03. The smallest absolute Gasteiger partial charge is 0.166 e. The van der Waals surface area contributed by atoms with Gasteiger partial charge in [-0.15, -0.1) is 0 Å². The van der Waals surface area contributed by atoms with Crippen molar-refractivity contribution >= 4 is 17.3 Å². The van der Waals surface area contributed by atoms with Gasteiger partial charge in [-0.3, -0.25) is 0 Å². The quantitative estimate of drug-likeness (QED) is 0.784. The molecule has 1 saturated heterocycles. The topological polar surface area (TPSA) is 51.8 Å². The van der Waals surface area contributed by atoms with Gasteiger partial charge in [-0.1, -0.05) is 0 Å². The van der Waals surface area contributed by atoms with E-state index in [1.165, 1.54) is 0 Å². The van der Waals surface area contributed by atoms with E-state index in [-0.39, 0.29) is 12.1 Å². The molecule has 22 heavy (non-hydrogen) atoms. The summed E-state index contributed by atoms with van der Waals surface area (Å²) in [6, 6.07) is 5.74. The van der Waals surface area contributed by atoms with Crippen molar-refractivity contribution in [3.05, 3.63) is 23.8 Å². The molecule has 2 rings (SSSR count). The Labute approximate surface area is 137 Å². The zero-order valence-corrected chi connectivity index (χ0v) is 14.2. The predicted octanol–water partition coefficient (Wildman–Crippen LogP) is 2.41. The van der Waals surface area contributed by atoms with Crippen LogP contribution < -0.4 is 20.1 Å². The lowest BCUT2D eigenvalue weighted by Crippen LogP contribution is -2.40. The maximum Gasteiger partial charge on any atom is 0.166 e. The Kier molecular flexibility index (Phi) is 6.27. The van der Waals surface area contributed by atoms with E-state index in [4.69, 9.17) is 26.4 Å². The van der Waals surface area contributed by atoms with Crippen LogP contribution in [0, 0.1) is 0 Å². The molecule has 1 heterocycles. The molecule has 2 atom stereocenters. The van der Waals surface area contributed by atoms with Crippen LogP contribution in [0.3, 0.4) is 0 Å². The van der Waals surface area contributed by atoms with Gasteiger partial charge in [-0.25, -0.2) is 0 Å². The summed E-state index contributed by atoms with van der Waals surface area (Å²) in [5, 5.41) is 7.11. The molecule has 1 aliphatic rings. The van der Waals surface area contributed by atoms with Crippen molar-refractivity contribution in [1.29, 1.82) is 0 Å². The summed E-state index contributed by atoms with van der Waals surface area (Å²) >= 11 is 5.36. The average molecular weight is 324 g/mol. The molecular weight excluding hydrogens is 300 g/mol. The average Bonchev–Trinajstić information content (AvgIpc) is 3.05. The van der Waals surface area contributed by atoms with Crippen LogP contribution >= 0.6 is 12.2 Å². The second-order valence-electron chi connectivity index (χ2n) is 5.32. The van der Waals surface area contributed by atoms with Gasteiger partial charge in [0.05, 0.1) is 26.4 Å². The molecule has 0 aromatic heterocycles. The Morgan fingerprint density at radius 3 is 2.86 bits per heavy atom. The zero-order valence-electron chi connectivity index (χ0n) is 13.3. The van der Waals surface area contributed by atoms with E-state index < -0.39 is 0 Å². The molecule has 0 saturated carbocycles. The summed E-state index contributed by atoms with van der Waals surface area (Å²) in [4.78, 5) is 0. The third-order valence-electron chi connectivity index (χ3n) is 3.77. The van der Waals surface area contributed by atoms with E-state index in [0.29, 0.717) is 5.11 Å². The standard InChI is InChI=1S/C16H24N2O3S/c1-11(14-9-12(19-2)6-7-15(14)20-3)18-16(22)17-10-13-5-4-8-21-13/h6-7,9,11,13H,4-5,8,10H2,1-3H3,(H2,17,18,22)/t11-,13-/m0/s1. The molecule has 0 spiro atoms. The third kappa shape index (κ3) is 4.48. The van der Waals surface area contributed by atoms with Crippen LogP contribution in [0.25, 0.3) is 0 Å². The summed E-state index contributed by atoms with van der Waals surface area (Å²) < 4.78 is 16.3. The fourth-order valence-corrected chi connectivity index (χ4v) is 2.78. The Hall–Kier alpha value is -1.53. The summed E-state index contributed by atoms with van der Waals surface area (Å²) in [5.41, 5.74) is 1.00. The van der Waals surface area contributed by atoms with E-state index in [0.717, 1.165) is 43.1 Å². The largest absolute Gasteiger partial charge is 0.497 e. The van der Waals surface area contributed by atoms with Crippen molar-refractivity contribution in [2.75, 3.05) is 27.4 Å². The predicted molar refractivity (Wildman–Crippen MR) is 90.7 cm³/mol. The molecular formula is C16H24N2O3S. The minimum atomic E-state index is 0.00884. The number of ether oxygens (including phenoxy) is 3. The molecule has 0 unspecified atom stereocenters. The van der Waals surface area contributed by atoms with E-state index >= 15 is 0 Å². The minimum Gasteiger partial charge on any atom is -0.497 e. The summed E-state index contributed by atoms with van der Waals surface area (Å²) in [5.74, 6) is 1.60. The molecule has 1 aromatic carbocycles. The number of thiocarbonyl (C=S) groups is 1. The lowest BCUT2D eigenvalue weighted by atomic mass is 10.1. The molecule has 1 aliphatic heterocycles. The normalized spacial score (nSPS) is 18.6. The second-order valence-corrected chi connectivity index (χ2v) is 5.73. The second kappa shape index (κ2) is 8.19. The maximum absolute atomic E-state index is 5.57.